The molecule has 16 heteroatoms. The first-order valence-electron chi connectivity index (χ1n) is 29.7. The summed E-state index contributed by atoms with van der Waals surface area (Å²) in [7, 11) is 1.02. The van der Waals surface area contributed by atoms with E-state index in [-0.39, 0.29) is 30.0 Å². The third kappa shape index (κ3) is 13.6. The Kier molecular flexibility index (Phi) is 20.4. The van der Waals surface area contributed by atoms with Crippen molar-refractivity contribution < 1.29 is 42.3 Å². The number of para-hydroxylation sites is 1. The highest BCUT2D eigenvalue weighted by atomic mass is 31.2. The van der Waals surface area contributed by atoms with E-state index < -0.39 is 55.7 Å². The van der Waals surface area contributed by atoms with Crippen molar-refractivity contribution in [2.24, 2.45) is 0 Å². The second-order valence-corrected chi connectivity index (χ2v) is 23.1. The van der Waals surface area contributed by atoms with E-state index in [1.54, 1.807) is 36.7 Å². The summed E-state index contributed by atoms with van der Waals surface area (Å²) >= 11 is 0. The summed E-state index contributed by atoms with van der Waals surface area (Å²) in [5.74, 6) is 3.90. The fraction of sp³-hybridized carbons (Fsp3) is 0.296. The molecule has 7 aromatic carbocycles. The molecule has 2 N–H and O–H groups in total. The monoisotopic (exact) mass is 1190 g/mol. The Balaban J connectivity index is 1.10. The molecule has 0 spiro atoms. The number of nitrogens with one attached hydrogen (secondary N) is 1. The van der Waals surface area contributed by atoms with Crippen LogP contribution in [0, 0.1) is 18.4 Å². The highest BCUT2D eigenvalue weighted by Gasteiger charge is 2.55. The molecule has 0 amide bonds. The maximum Gasteiger partial charge on any atom is 0.321 e. The molecule has 448 valence electrons. The number of aromatic nitrogens is 4. The van der Waals surface area contributed by atoms with Crippen molar-refractivity contribution in [2.45, 2.75) is 107 Å². The first kappa shape index (κ1) is 61.6. The number of carboxylic acid groups (broad SMARTS) is 1. The number of nitrogens with zero attached hydrogens (tertiary/aromatic N) is 5. The van der Waals surface area contributed by atoms with Gasteiger partial charge < -0.3 is 38.4 Å². The van der Waals surface area contributed by atoms with Crippen LogP contribution in [0.5, 0.6) is 17.2 Å². The summed E-state index contributed by atoms with van der Waals surface area (Å²) in [6, 6.07) is 63.1. The molecule has 0 bridgehead atoms. The number of ether oxygens (including phenoxy) is 4. The number of imidazole rings is 1. The van der Waals surface area contributed by atoms with E-state index in [4.69, 9.17) is 39.4 Å². The number of carboxylic acids is 1. The molecule has 10 rings (SSSR count). The first-order valence-corrected chi connectivity index (χ1v) is 30.9. The van der Waals surface area contributed by atoms with Crippen molar-refractivity contribution in [2.75, 3.05) is 32.7 Å². The molecule has 14 nitrogen and oxygen atoms in total. The summed E-state index contributed by atoms with van der Waals surface area (Å²) in [5.41, 5.74) is 0.888. The zero-order valence-electron chi connectivity index (χ0n) is 49.6. The average Bonchev–Trinajstić information content (AvgIpc) is 1.81. The lowest BCUT2D eigenvalue weighted by Crippen LogP contribution is -2.49. The predicted octanol–water partition coefficient (Wildman–Crippen LogP) is 15.3. The van der Waals surface area contributed by atoms with E-state index in [0.29, 0.717) is 30.2 Å². The molecule has 1 saturated heterocycles. The van der Waals surface area contributed by atoms with Gasteiger partial charge in [-0.25, -0.2) is 9.65 Å². The third-order valence-corrected chi connectivity index (χ3v) is 17.9. The number of terminal acetylenes is 1. The minimum absolute atomic E-state index is 0.0553. The molecule has 9 aromatic rings. The molecule has 2 aromatic heterocycles. The van der Waals surface area contributed by atoms with Crippen molar-refractivity contribution in [1.82, 2.24) is 24.2 Å². The van der Waals surface area contributed by atoms with Crippen LogP contribution in [0.1, 0.15) is 111 Å². The molecule has 0 saturated carbocycles. The van der Waals surface area contributed by atoms with Gasteiger partial charge >= 0.3 is 20.6 Å². The van der Waals surface area contributed by atoms with Crippen LogP contribution in [0.2, 0.25) is 0 Å². The van der Waals surface area contributed by atoms with E-state index in [1.807, 2.05) is 200 Å². The van der Waals surface area contributed by atoms with Crippen molar-refractivity contribution in [3.05, 3.63) is 246 Å². The van der Waals surface area contributed by atoms with Crippen molar-refractivity contribution >= 4 is 31.5 Å². The van der Waals surface area contributed by atoms with Crippen molar-refractivity contribution in [3.63, 3.8) is 0 Å². The highest BCUT2D eigenvalue weighted by molar-refractivity contribution is 7.45. The molecular formula is C71H74FN6O8P. The highest BCUT2D eigenvalue weighted by Crippen LogP contribution is 2.52. The van der Waals surface area contributed by atoms with Gasteiger partial charge in [-0.3, -0.25) is 9.36 Å². The molecule has 3 heterocycles. The van der Waals surface area contributed by atoms with Gasteiger partial charge in [0.15, 0.2) is 22.6 Å². The SMILES string of the molecule is C#C[C@]1(COP(Oc2ccccc2)N(CCCCCCCCCC)[C@@H](C)C(=O)O)O[C@@H](n2cnc3c(NC(c4ccccc4)(c4ccccc4)c4ccc(OC)cc4)nc(F)nc32)C[C@@H]1OC(c1ccccc1)(c1ccccc1)c1ccc(OC)cc1. The number of anilines is 1. The molecule has 87 heavy (non-hydrogen) atoms. The number of benzene rings is 7. The van der Waals surface area contributed by atoms with Gasteiger partial charge in [-0.05, 0) is 83.1 Å². The van der Waals surface area contributed by atoms with Crippen LogP contribution < -0.4 is 19.3 Å². The second-order valence-electron chi connectivity index (χ2n) is 21.7. The van der Waals surface area contributed by atoms with Crippen molar-refractivity contribution in [3.8, 4) is 29.6 Å². The van der Waals surface area contributed by atoms with Crippen LogP contribution in [-0.2, 0) is 29.9 Å². The van der Waals surface area contributed by atoms with E-state index in [0.717, 1.165) is 59.1 Å². The average molecular weight is 1190 g/mol. The quantitative estimate of drug-likeness (QED) is 0.0145. The zero-order valence-corrected chi connectivity index (χ0v) is 50.5. The molecule has 0 aliphatic carbocycles. The molecule has 1 fully saturated rings. The van der Waals surface area contributed by atoms with Crippen LogP contribution in [0.15, 0.2) is 207 Å². The number of fused-ring (bicyclic) bond motifs is 1. The van der Waals surface area contributed by atoms with E-state index >= 15 is 4.39 Å². The Bertz CT molecular complexity index is 3580. The van der Waals surface area contributed by atoms with Gasteiger partial charge in [0.2, 0.25) is 0 Å². The van der Waals surface area contributed by atoms with Crippen molar-refractivity contribution in [1.29, 1.82) is 0 Å². The fourth-order valence-corrected chi connectivity index (χ4v) is 13.2. The van der Waals surface area contributed by atoms with Crippen LogP contribution in [-0.4, -0.2) is 80.4 Å². The number of aliphatic carboxylic acids is 1. The second kappa shape index (κ2) is 28.8. The fourth-order valence-electron chi connectivity index (χ4n) is 11.6. The molecular weight excluding hydrogens is 1110 g/mol. The largest absolute Gasteiger partial charge is 0.497 e. The van der Waals surface area contributed by atoms with Gasteiger partial charge in [0, 0.05) is 13.0 Å². The third-order valence-electron chi connectivity index (χ3n) is 16.2. The van der Waals surface area contributed by atoms with E-state index in [2.05, 4.69) is 28.1 Å². The Hall–Kier alpha value is -8.48. The van der Waals surface area contributed by atoms with Crippen LogP contribution in [0.3, 0.4) is 0 Å². The first-order chi connectivity index (χ1) is 42.5. The molecule has 1 aliphatic rings. The lowest BCUT2D eigenvalue weighted by atomic mass is 9.77. The number of hydrogen-bond acceptors (Lipinski definition) is 12. The van der Waals surface area contributed by atoms with Gasteiger partial charge in [-0.15, -0.1) is 6.42 Å². The predicted molar refractivity (Wildman–Crippen MR) is 338 cm³/mol. The Morgan fingerprint density at radius 2 is 1.20 bits per heavy atom. The van der Waals surface area contributed by atoms with Gasteiger partial charge in [-0.1, -0.05) is 222 Å². The minimum Gasteiger partial charge on any atom is -0.497 e. The number of unbranched alkanes of at least 4 members (excludes halogenated alkanes) is 7. The van der Waals surface area contributed by atoms with Gasteiger partial charge in [0.1, 0.15) is 46.8 Å². The lowest BCUT2D eigenvalue weighted by molar-refractivity contribution is -0.141. The topological polar surface area (TPSA) is 152 Å². The summed E-state index contributed by atoms with van der Waals surface area (Å²) in [6.45, 7) is 3.88. The van der Waals surface area contributed by atoms with Crippen LogP contribution in [0.25, 0.3) is 11.2 Å². The van der Waals surface area contributed by atoms with Crippen LogP contribution >= 0.6 is 8.53 Å². The lowest BCUT2D eigenvalue weighted by Gasteiger charge is -2.41. The minimum atomic E-state index is -2.22. The zero-order chi connectivity index (χ0) is 60.6. The molecule has 0 radical (unpaired) electrons. The van der Waals surface area contributed by atoms with Gasteiger partial charge in [-0.2, -0.15) is 14.4 Å². The Labute approximate surface area is 510 Å². The van der Waals surface area contributed by atoms with E-state index in [1.165, 1.54) is 19.3 Å². The summed E-state index contributed by atoms with van der Waals surface area (Å²) in [4.78, 5) is 27.0. The smallest absolute Gasteiger partial charge is 0.321 e. The van der Waals surface area contributed by atoms with Gasteiger partial charge in [0.25, 0.3) is 0 Å². The standard InChI is InChI=1S/C71H74FN6O8P/c1-6-8-9-10-11-12-13-29-48-78(52(3)67(79)80)87(86-61-38-27-18-28-39-61)83-50-69(7-2)62(84-71(56-34-23-16-24-35-56,57-36-25-17-26-37-57)58-42-46-60(82-5)47-43-58)49-63(85-69)77-51-73-64-65(74-68(72)75-66(64)77)76-70(53-30-19-14-20-31-53,54-32-21-15-22-33-54)55-40-44-59(81-4)45-41-55/h2,14-28,30-47,51-52,62-63H,6,8-13,29,48-50H2,1,3-5H3,(H,79,80)(H,74,75,76)/t52-,62-,63+,69+,87?/m0/s1. The van der Waals surface area contributed by atoms with Crippen LogP contribution in [0.4, 0.5) is 10.2 Å². The molecule has 1 unspecified atom stereocenters. The summed E-state index contributed by atoms with van der Waals surface area (Å²) in [5, 5.41) is 14.4. The van der Waals surface area contributed by atoms with Gasteiger partial charge in [0.05, 0.1) is 27.2 Å². The number of carbonyl (C=O) groups is 1. The molecule has 1 aliphatic heterocycles. The number of methoxy groups -OCH3 is 2. The Morgan fingerprint density at radius 1 is 0.713 bits per heavy atom. The van der Waals surface area contributed by atoms with E-state index in [9.17, 15) is 9.90 Å². The summed E-state index contributed by atoms with van der Waals surface area (Å²) in [6.07, 6.45) is 13.9. The maximum absolute atomic E-state index is 16.7. The maximum atomic E-state index is 16.7. The summed E-state index contributed by atoms with van der Waals surface area (Å²) < 4.78 is 60.5. The normalized spacial score (nSPS) is 16.7. The Morgan fingerprint density at radius 3 is 1.71 bits per heavy atom. The molecule has 5 atom stereocenters. The number of rotatable bonds is 30. The number of halogens is 1. The number of hydrogen-bond donors (Lipinski definition) is 2.